The van der Waals surface area contributed by atoms with Crippen LogP contribution in [0.25, 0.3) is 0 Å². The summed E-state index contributed by atoms with van der Waals surface area (Å²) in [5.41, 5.74) is 5.62. The number of amides is 1. The van der Waals surface area contributed by atoms with Crippen LogP contribution in [0.3, 0.4) is 0 Å². The maximum absolute atomic E-state index is 11.8. The molecule has 0 aromatic carbocycles. The number of nitrogens with two attached hydrogens (primary N) is 1. The van der Waals surface area contributed by atoms with Gasteiger partial charge in [-0.3, -0.25) is 4.79 Å². The van der Waals surface area contributed by atoms with E-state index in [1.807, 2.05) is 13.8 Å². The van der Waals surface area contributed by atoms with Gasteiger partial charge >= 0.3 is 0 Å². The monoisotopic (exact) mass is 241 g/mol. The molecule has 0 spiro atoms. The van der Waals surface area contributed by atoms with Gasteiger partial charge in [-0.2, -0.15) is 0 Å². The Hall–Kier alpha value is -0.610. The van der Waals surface area contributed by atoms with Crippen molar-refractivity contribution in [2.45, 2.75) is 64.1 Å². The van der Waals surface area contributed by atoms with Gasteiger partial charge in [0.2, 0.25) is 5.91 Å². The summed E-state index contributed by atoms with van der Waals surface area (Å²) in [7, 11) is 2.14. The Bertz CT molecular complexity index is 260. The van der Waals surface area contributed by atoms with Crippen LogP contribution < -0.4 is 11.1 Å². The second-order valence-electron chi connectivity index (χ2n) is 6.11. The average Bonchev–Trinajstić information content (AvgIpc) is 2.20. The van der Waals surface area contributed by atoms with Crippen molar-refractivity contribution in [1.82, 2.24) is 10.2 Å². The molecule has 1 heterocycles. The molecule has 2 atom stereocenters. The molecule has 1 saturated heterocycles. The van der Waals surface area contributed by atoms with E-state index in [4.69, 9.17) is 5.73 Å². The number of likely N-dealkylation sites (tertiary alicyclic amines) is 1. The van der Waals surface area contributed by atoms with Crippen LogP contribution in [-0.4, -0.2) is 42.0 Å². The van der Waals surface area contributed by atoms with E-state index in [0.29, 0.717) is 18.5 Å². The normalized spacial score (nSPS) is 26.9. The van der Waals surface area contributed by atoms with Crippen LogP contribution in [0.4, 0.5) is 0 Å². The first-order valence-corrected chi connectivity index (χ1v) is 6.56. The second-order valence-corrected chi connectivity index (χ2v) is 6.11. The summed E-state index contributed by atoms with van der Waals surface area (Å²) in [6.07, 6.45) is 3.37. The smallest absolute Gasteiger partial charge is 0.220 e. The van der Waals surface area contributed by atoms with Gasteiger partial charge in [0.05, 0.1) is 0 Å². The number of nitrogens with zero attached hydrogens (tertiary/aromatic N) is 1. The first-order valence-electron chi connectivity index (χ1n) is 6.56. The summed E-state index contributed by atoms with van der Waals surface area (Å²) >= 11 is 0. The molecule has 2 unspecified atom stereocenters. The molecule has 0 aromatic heterocycles. The van der Waals surface area contributed by atoms with Crippen LogP contribution >= 0.6 is 0 Å². The summed E-state index contributed by atoms with van der Waals surface area (Å²) in [5, 5.41) is 3.12. The molecule has 0 aliphatic carbocycles. The van der Waals surface area contributed by atoms with Gasteiger partial charge in [0.25, 0.3) is 0 Å². The number of nitrogens with one attached hydrogen (secondary N) is 1. The second kappa shape index (κ2) is 5.83. The van der Waals surface area contributed by atoms with Crippen LogP contribution in [-0.2, 0) is 4.79 Å². The zero-order valence-electron chi connectivity index (χ0n) is 11.6. The van der Waals surface area contributed by atoms with Crippen LogP contribution in [0.15, 0.2) is 0 Å². The van der Waals surface area contributed by atoms with Crippen LogP contribution in [0.5, 0.6) is 0 Å². The Balaban J connectivity index is 2.27. The summed E-state index contributed by atoms with van der Waals surface area (Å²) in [6.45, 7) is 7.19. The molecule has 0 saturated carbocycles. The van der Waals surface area contributed by atoms with Crippen molar-refractivity contribution in [2.24, 2.45) is 5.73 Å². The number of hydrogen-bond donors (Lipinski definition) is 2. The number of rotatable bonds is 4. The largest absolute Gasteiger partial charge is 0.353 e. The van der Waals surface area contributed by atoms with Crippen molar-refractivity contribution in [3.8, 4) is 0 Å². The zero-order chi connectivity index (χ0) is 13.1. The van der Waals surface area contributed by atoms with E-state index in [-0.39, 0.29) is 11.4 Å². The minimum absolute atomic E-state index is 0.144. The van der Waals surface area contributed by atoms with Gasteiger partial charge < -0.3 is 16.0 Å². The molecule has 0 radical (unpaired) electrons. The number of piperidine rings is 1. The van der Waals surface area contributed by atoms with E-state index in [9.17, 15) is 4.79 Å². The topological polar surface area (TPSA) is 58.4 Å². The highest BCUT2D eigenvalue weighted by atomic mass is 16.1. The standard InChI is InChI=1S/C13H27N3O/c1-10-9-11(6-8-16(10)4)15-12(17)5-7-13(2,3)14/h10-11H,5-9,14H2,1-4H3,(H,15,17). The lowest BCUT2D eigenvalue weighted by molar-refractivity contribution is -0.122. The Morgan fingerprint density at radius 2 is 2.18 bits per heavy atom. The first kappa shape index (κ1) is 14.5. The molecule has 17 heavy (non-hydrogen) atoms. The Kier molecular flexibility index (Phi) is 4.95. The Morgan fingerprint density at radius 1 is 1.53 bits per heavy atom. The molecule has 100 valence electrons. The molecule has 1 aliphatic heterocycles. The molecule has 0 aromatic rings. The molecule has 3 N–H and O–H groups in total. The van der Waals surface area contributed by atoms with Gasteiger partial charge in [-0.1, -0.05) is 0 Å². The van der Waals surface area contributed by atoms with Crippen molar-refractivity contribution in [3.63, 3.8) is 0 Å². The third kappa shape index (κ3) is 5.50. The van der Waals surface area contributed by atoms with E-state index >= 15 is 0 Å². The molecule has 0 bridgehead atoms. The van der Waals surface area contributed by atoms with E-state index in [2.05, 4.69) is 24.2 Å². The van der Waals surface area contributed by atoms with Gasteiger partial charge in [-0.25, -0.2) is 0 Å². The molecule has 4 nitrogen and oxygen atoms in total. The fourth-order valence-electron chi connectivity index (χ4n) is 2.16. The highest BCUT2D eigenvalue weighted by molar-refractivity contribution is 5.76. The fourth-order valence-corrected chi connectivity index (χ4v) is 2.16. The third-order valence-electron chi connectivity index (χ3n) is 3.57. The molecule has 1 rings (SSSR count). The lowest BCUT2D eigenvalue weighted by Crippen LogP contribution is -2.47. The van der Waals surface area contributed by atoms with Gasteiger partial charge in [0.15, 0.2) is 0 Å². The SMILES string of the molecule is CC1CC(NC(=O)CCC(C)(C)N)CCN1C. The summed E-state index contributed by atoms with van der Waals surface area (Å²) in [4.78, 5) is 14.1. The average molecular weight is 241 g/mol. The third-order valence-corrected chi connectivity index (χ3v) is 3.57. The van der Waals surface area contributed by atoms with Crippen molar-refractivity contribution in [1.29, 1.82) is 0 Å². The molecular formula is C13H27N3O. The lowest BCUT2D eigenvalue weighted by atomic mass is 9.97. The van der Waals surface area contributed by atoms with Gasteiger partial charge in [0, 0.05) is 30.6 Å². The van der Waals surface area contributed by atoms with Crippen molar-refractivity contribution < 1.29 is 4.79 Å². The maximum Gasteiger partial charge on any atom is 0.220 e. The van der Waals surface area contributed by atoms with Gasteiger partial charge in [-0.05, 0) is 47.1 Å². The zero-order valence-corrected chi connectivity index (χ0v) is 11.6. The minimum Gasteiger partial charge on any atom is -0.353 e. The molecule has 1 fully saturated rings. The van der Waals surface area contributed by atoms with Crippen LogP contribution in [0, 0.1) is 0 Å². The molecule has 4 heteroatoms. The summed E-state index contributed by atoms with van der Waals surface area (Å²) in [6, 6.07) is 0.898. The minimum atomic E-state index is -0.253. The summed E-state index contributed by atoms with van der Waals surface area (Å²) < 4.78 is 0. The Morgan fingerprint density at radius 3 is 2.71 bits per heavy atom. The number of carbonyl (C=O) groups is 1. The van der Waals surface area contributed by atoms with Gasteiger partial charge in [0.1, 0.15) is 0 Å². The van der Waals surface area contributed by atoms with E-state index in [0.717, 1.165) is 25.8 Å². The molecule has 1 aliphatic rings. The fraction of sp³-hybridized carbons (Fsp3) is 0.923. The highest BCUT2D eigenvalue weighted by Gasteiger charge is 2.24. The Labute approximate surface area is 105 Å². The maximum atomic E-state index is 11.8. The van der Waals surface area contributed by atoms with Crippen molar-refractivity contribution >= 4 is 5.91 Å². The summed E-state index contributed by atoms with van der Waals surface area (Å²) in [5.74, 6) is 0.144. The van der Waals surface area contributed by atoms with Crippen molar-refractivity contribution in [2.75, 3.05) is 13.6 Å². The van der Waals surface area contributed by atoms with Crippen LogP contribution in [0.2, 0.25) is 0 Å². The predicted octanol–water partition coefficient (Wildman–Crippen LogP) is 1.10. The molecular weight excluding hydrogens is 214 g/mol. The van der Waals surface area contributed by atoms with Gasteiger partial charge in [-0.15, -0.1) is 0 Å². The van der Waals surface area contributed by atoms with E-state index in [1.165, 1.54) is 0 Å². The van der Waals surface area contributed by atoms with Crippen molar-refractivity contribution in [3.05, 3.63) is 0 Å². The number of hydrogen-bond acceptors (Lipinski definition) is 3. The number of carbonyl (C=O) groups excluding carboxylic acids is 1. The lowest BCUT2D eigenvalue weighted by Gasteiger charge is -2.35. The van der Waals surface area contributed by atoms with E-state index in [1.54, 1.807) is 0 Å². The molecule has 1 amide bonds. The predicted molar refractivity (Wildman–Crippen MR) is 70.8 cm³/mol. The van der Waals surface area contributed by atoms with Crippen LogP contribution in [0.1, 0.15) is 46.5 Å². The quantitative estimate of drug-likeness (QED) is 0.775. The first-order chi connectivity index (χ1) is 7.78. The highest BCUT2D eigenvalue weighted by Crippen LogP contribution is 2.15. The van der Waals surface area contributed by atoms with E-state index < -0.39 is 0 Å².